The second-order valence-electron chi connectivity index (χ2n) is 10.2. The molecule has 4 rings (SSSR count). The fourth-order valence-corrected chi connectivity index (χ4v) is 6.29. The van der Waals surface area contributed by atoms with E-state index in [1.807, 2.05) is 68.4 Å². The van der Waals surface area contributed by atoms with Crippen LogP contribution in [0.15, 0.2) is 114 Å². The van der Waals surface area contributed by atoms with Gasteiger partial charge in [-0.3, -0.25) is 13.9 Å². The second kappa shape index (κ2) is 14.8. The second-order valence-corrected chi connectivity index (χ2v) is 12.5. The van der Waals surface area contributed by atoms with Gasteiger partial charge in [-0.15, -0.1) is 0 Å². The van der Waals surface area contributed by atoms with Crippen LogP contribution in [0.4, 0.5) is 5.69 Å². The van der Waals surface area contributed by atoms with Crippen LogP contribution in [0.25, 0.3) is 0 Å². The Kier molecular flexibility index (Phi) is 11.0. The number of benzene rings is 4. The van der Waals surface area contributed by atoms with Gasteiger partial charge in [0.05, 0.1) is 10.6 Å². The van der Waals surface area contributed by atoms with Crippen LogP contribution in [0.2, 0.25) is 5.02 Å². The Morgan fingerprint density at radius 3 is 2.07 bits per heavy atom. The number of anilines is 1. The number of para-hydroxylation sites is 1. The van der Waals surface area contributed by atoms with E-state index in [1.165, 1.54) is 29.2 Å². The number of aryl methyl sites for hydroxylation is 1. The highest BCUT2D eigenvalue weighted by molar-refractivity contribution is 7.92. The Hall–Kier alpha value is -4.14. The summed E-state index contributed by atoms with van der Waals surface area (Å²) in [5.74, 6) is -0.795. The van der Waals surface area contributed by atoms with Gasteiger partial charge in [-0.1, -0.05) is 91.3 Å². The predicted molar refractivity (Wildman–Crippen MR) is 171 cm³/mol. The number of hydrogen-bond donors (Lipinski definition) is 1. The Morgan fingerprint density at radius 2 is 1.44 bits per heavy atom. The molecular formula is C34H36ClN3O4S. The van der Waals surface area contributed by atoms with E-state index < -0.39 is 28.5 Å². The summed E-state index contributed by atoms with van der Waals surface area (Å²) in [6.45, 7) is 3.99. The molecule has 0 bridgehead atoms. The van der Waals surface area contributed by atoms with Crippen LogP contribution >= 0.6 is 11.6 Å². The van der Waals surface area contributed by atoms with Crippen molar-refractivity contribution in [3.8, 4) is 0 Å². The third kappa shape index (κ3) is 8.24. The first-order chi connectivity index (χ1) is 20.7. The van der Waals surface area contributed by atoms with E-state index in [-0.39, 0.29) is 23.8 Å². The van der Waals surface area contributed by atoms with Crippen LogP contribution in [0, 0.1) is 6.92 Å². The highest BCUT2D eigenvalue weighted by Crippen LogP contribution is 2.26. The summed E-state index contributed by atoms with van der Waals surface area (Å²) < 4.78 is 29.1. The molecule has 2 amide bonds. The fourth-order valence-electron chi connectivity index (χ4n) is 4.75. The SMILES string of the molecule is CCCNC(=O)C(Cc1ccccc1)N(Cc1ccccc1C)C(=O)CN(c1ccccc1)S(=O)(=O)c1ccc(Cl)cc1. The average molecular weight is 618 g/mol. The van der Waals surface area contributed by atoms with Crippen molar-refractivity contribution in [1.82, 2.24) is 10.2 Å². The van der Waals surface area contributed by atoms with Gasteiger partial charge in [0.25, 0.3) is 10.0 Å². The standard InChI is InChI=1S/C34H36ClN3O4S/c1-3-22-36-34(40)32(23-27-13-6-4-7-14-27)37(24-28-15-11-10-12-26(28)2)33(39)25-38(30-16-8-5-9-17-30)43(41,42)31-20-18-29(35)19-21-31/h4-21,32H,3,22-25H2,1-2H3,(H,36,40). The van der Waals surface area contributed by atoms with Crippen LogP contribution in [-0.2, 0) is 32.6 Å². The third-order valence-electron chi connectivity index (χ3n) is 7.15. The van der Waals surface area contributed by atoms with Gasteiger partial charge in [-0.2, -0.15) is 0 Å². The molecule has 4 aromatic rings. The zero-order valence-electron chi connectivity index (χ0n) is 24.3. The van der Waals surface area contributed by atoms with Gasteiger partial charge >= 0.3 is 0 Å². The van der Waals surface area contributed by atoms with Crippen molar-refractivity contribution in [3.05, 3.63) is 131 Å². The quantitative estimate of drug-likeness (QED) is 0.199. The zero-order valence-corrected chi connectivity index (χ0v) is 25.9. The number of nitrogens with one attached hydrogen (secondary N) is 1. The van der Waals surface area contributed by atoms with E-state index >= 15 is 0 Å². The normalized spacial score (nSPS) is 11.9. The highest BCUT2D eigenvalue weighted by atomic mass is 35.5. The number of halogens is 1. The van der Waals surface area contributed by atoms with E-state index in [1.54, 1.807) is 30.3 Å². The number of sulfonamides is 1. The average Bonchev–Trinajstić information content (AvgIpc) is 3.02. The molecular weight excluding hydrogens is 582 g/mol. The lowest BCUT2D eigenvalue weighted by atomic mass is 10.0. The van der Waals surface area contributed by atoms with E-state index in [0.29, 0.717) is 17.3 Å². The minimum Gasteiger partial charge on any atom is -0.354 e. The molecule has 7 nitrogen and oxygen atoms in total. The lowest BCUT2D eigenvalue weighted by Crippen LogP contribution is -2.53. The van der Waals surface area contributed by atoms with Crippen LogP contribution in [0.3, 0.4) is 0 Å². The first kappa shape index (κ1) is 31.8. The molecule has 0 saturated carbocycles. The molecule has 0 heterocycles. The Labute approximate surface area is 259 Å². The molecule has 0 aliphatic heterocycles. The molecule has 0 spiro atoms. The number of nitrogens with zero attached hydrogens (tertiary/aromatic N) is 2. The summed E-state index contributed by atoms with van der Waals surface area (Å²) in [6.07, 6.45) is 1.000. The minimum absolute atomic E-state index is 0.000492. The molecule has 1 unspecified atom stereocenters. The molecule has 43 heavy (non-hydrogen) atoms. The maximum atomic E-state index is 14.4. The fraction of sp³-hybridized carbons (Fsp3) is 0.235. The Balaban J connectivity index is 1.78. The summed E-state index contributed by atoms with van der Waals surface area (Å²) in [6, 6.07) is 30.6. The molecule has 0 radical (unpaired) electrons. The predicted octanol–water partition coefficient (Wildman–Crippen LogP) is 6.01. The Morgan fingerprint density at radius 1 is 0.837 bits per heavy atom. The first-order valence-electron chi connectivity index (χ1n) is 14.2. The molecule has 4 aromatic carbocycles. The largest absolute Gasteiger partial charge is 0.354 e. The van der Waals surface area contributed by atoms with Crippen LogP contribution in [-0.4, -0.2) is 44.3 Å². The zero-order chi connectivity index (χ0) is 30.8. The van der Waals surface area contributed by atoms with Crippen molar-refractivity contribution in [2.24, 2.45) is 0 Å². The van der Waals surface area contributed by atoms with Gasteiger partial charge in [-0.05, 0) is 66.4 Å². The van der Waals surface area contributed by atoms with Crippen molar-refractivity contribution in [3.63, 3.8) is 0 Å². The maximum Gasteiger partial charge on any atom is 0.264 e. The van der Waals surface area contributed by atoms with Crippen LogP contribution in [0.1, 0.15) is 30.0 Å². The Bertz CT molecular complexity index is 1610. The molecule has 224 valence electrons. The number of carbonyl (C=O) groups is 2. The van der Waals surface area contributed by atoms with Crippen molar-refractivity contribution in [1.29, 1.82) is 0 Å². The summed E-state index contributed by atoms with van der Waals surface area (Å²) in [7, 11) is -4.17. The molecule has 1 N–H and O–H groups in total. The van der Waals surface area contributed by atoms with E-state index in [4.69, 9.17) is 11.6 Å². The van der Waals surface area contributed by atoms with Gasteiger partial charge in [0.1, 0.15) is 12.6 Å². The number of rotatable bonds is 13. The minimum atomic E-state index is -4.17. The number of amides is 2. The number of hydrogen-bond acceptors (Lipinski definition) is 4. The molecule has 0 aromatic heterocycles. The van der Waals surface area contributed by atoms with Gasteiger partial charge in [0.15, 0.2) is 0 Å². The van der Waals surface area contributed by atoms with Gasteiger partial charge in [0.2, 0.25) is 11.8 Å². The van der Waals surface area contributed by atoms with Crippen molar-refractivity contribution in [2.75, 3.05) is 17.4 Å². The van der Waals surface area contributed by atoms with Crippen molar-refractivity contribution < 1.29 is 18.0 Å². The van der Waals surface area contributed by atoms with Crippen LogP contribution < -0.4 is 9.62 Å². The summed E-state index contributed by atoms with van der Waals surface area (Å²) in [5, 5.41) is 3.35. The topological polar surface area (TPSA) is 86.8 Å². The lowest BCUT2D eigenvalue weighted by molar-refractivity contribution is -0.140. The maximum absolute atomic E-state index is 14.4. The summed E-state index contributed by atoms with van der Waals surface area (Å²) >= 11 is 6.03. The van der Waals surface area contributed by atoms with Gasteiger partial charge in [-0.25, -0.2) is 8.42 Å². The molecule has 1 atom stereocenters. The third-order valence-corrected chi connectivity index (χ3v) is 9.19. The van der Waals surface area contributed by atoms with Gasteiger partial charge < -0.3 is 10.2 Å². The molecule has 9 heteroatoms. The molecule has 0 fully saturated rings. The van der Waals surface area contributed by atoms with Crippen molar-refractivity contribution >= 4 is 39.1 Å². The van der Waals surface area contributed by atoms with E-state index in [2.05, 4.69) is 5.32 Å². The molecule has 0 saturated heterocycles. The molecule has 0 aliphatic rings. The smallest absolute Gasteiger partial charge is 0.264 e. The summed E-state index contributed by atoms with van der Waals surface area (Å²) in [4.78, 5) is 29.6. The number of carbonyl (C=O) groups excluding carboxylic acids is 2. The lowest BCUT2D eigenvalue weighted by Gasteiger charge is -2.34. The first-order valence-corrected chi connectivity index (χ1v) is 16.0. The van der Waals surface area contributed by atoms with Gasteiger partial charge in [0, 0.05) is 24.5 Å². The highest BCUT2D eigenvalue weighted by Gasteiger charge is 2.34. The van der Waals surface area contributed by atoms with Crippen LogP contribution in [0.5, 0.6) is 0 Å². The monoisotopic (exact) mass is 617 g/mol. The van der Waals surface area contributed by atoms with Crippen molar-refractivity contribution in [2.45, 2.75) is 44.2 Å². The molecule has 0 aliphatic carbocycles. The summed E-state index contributed by atoms with van der Waals surface area (Å²) in [5.41, 5.74) is 3.04. The van der Waals surface area contributed by atoms with E-state index in [0.717, 1.165) is 27.4 Å². The van der Waals surface area contributed by atoms with E-state index in [9.17, 15) is 18.0 Å².